The van der Waals surface area contributed by atoms with E-state index in [0.717, 1.165) is 48.9 Å². The van der Waals surface area contributed by atoms with E-state index < -0.39 is 0 Å². The van der Waals surface area contributed by atoms with Crippen LogP contribution >= 0.6 is 0 Å². The van der Waals surface area contributed by atoms with Gasteiger partial charge < -0.3 is 24.3 Å². The van der Waals surface area contributed by atoms with Gasteiger partial charge in [-0.05, 0) is 61.5 Å². The Morgan fingerprint density at radius 1 is 1.00 bits per heavy atom. The summed E-state index contributed by atoms with van der Waals surface area (Å²) in [7, 11) is 2.14. The Hall–Kier alpha value is -3.91. The number of amides is 1. The summed E-state index contributed by atoms with van der Waals surface area (Å²) in [6, 6.07) is 15.2. The van der Waals surface area contributed by atoms with E-state index in [-0.39, 0.29) is 5.91 Å². The van der Waals surface area contributed by atoms with Gasteiger partial charge in [0.15, 0.2) is 0 Å². The molecule has 0 atom stereocenters. The fourth-order valence-corrected chi connectivity index (χ4v) is 4.11. The van der Waals surface area contributed by atoms with Crippen LogP contribution in [0, 0.1) is 6.92 Å². The van der Waals surface area contributed by atoms with E-state index in [0.29, 0.717) is 24.5 Å². The highest BCUT2D eigenvalue weighted by atomic mass is 16.5. The zero-order chi connectivity index (χ0) is 24.2. The number of imidazole rings is 1. The number of fused-ring (bicyclic) bond motifs is 1. The molecule has 1 fully saturated rings. The zero-order valence-corrected chi connectivity index (χ0v) is 20.1. The van der Waals surface area contributed by atoms with Crippen molar-refractivity contribution >= 4 is 17.4 Å². The first-order valence-corrected chi connectivity index (χ1v) is 11.9. The van der Waals surface area contributed by atoms with Crippen LogP contribution in [0.5, 0.6) is 5.75 Å². The maximum atomic E-state index is 12.6. The second-order valence-electron chi connectivity index (χ2n) is 9.01. The van der Waals surface area contributed by atoms with Crippen LogP contribution in [0.3, 0.4) is 0 Å². The monoisotopic (exact) mass is 470 g/mol. The van der Waals surface area contributed by atoms with E-state index in [2.05, 4.69) is 39.1 Å². The molecule has 0 aliphatic carbocycles. The van der Waals surface area contributed by atoms with Crippen LogP contribution < -0.4 is 15.0 Å². The summed E-state index contributed by atoms with van der Waals surface area (Å²) in [5.74, 6) is 1.55. The summed E-state index contributed by atoms with van der Waals surface area (Å²) < 4.78 is 7.86. The van der Waals surface area contributed by atoms with E-state index in [4.69, 9.17) is 4.74 Å². The van der Waals surface area contributed by atoms with Crippen LogP contribution in [-0.2, 0) is 13.2 Å². The van der Waals surface area contributed by atoms with E-state index >= 15 is 0 Å². The number of pyridine rings is 2. The molecule has 0 unspecified atom stereocenters. The number of piperazine rings is 1. The molecular weight excluding hydrogens is 440 g/mol. The molecule has 3 aromatic heterocycles. The minimum atomic E-state index is -0.129. The van der Waals surface area contributed by atoms with Gasteiger partial charge in [-0.2, -0.15) is 0 Å². The first-order valence-electron chi connectivity index (χ1n) is 11.9. The van der Waals surface area contributed by atoms with Gasteiger partial charge in [-0.25, -0.2) is 9.97 Å². The smallest absolute Gasteiger partial charge is 0.251 e. The number of hydrogen-bond acceptors (Lipinski definition) is 6. The van der Waals surface area contributed by atoms with Crippen molar-refractivity contribution in [1.82, 2.24) is 24.6 Å². The molecule has 180 valence electrons. The van der Waals surface area contributed by atoms with Crippen LogP contribution in [0.15, 0.2) is 67.1 Å². The molecule has 1 saturated heterocycles. The number of benzene rings is 1. The van der Waals surface area contributed by atoms with Gasteiger partial charge >= 0.3 is 0 Å². The lowest BCUT2D eigenvalue weighted by molar-refractivity contribution is 0.0951. The van der Waals surface area contributed by atoms with Gasteiger partial charge in [0.25, 0.3) is 5.91 Å². The standard InChI is InChI=1S/C27H30N6O2/c1-20-3-9-26-30-23(18-33(26)17-20)19-35-24-7-5-22(6-8-24)27(34)29-16-21-4-10-25(28-15-21)32-13-11-31(2)12-14-32/h3-10,15,17-18H,11-14,16,19H2,1-2H3,(H,29,34). The summed E-state index contributed by atoms with van der Waals surface area (Å²) in [6.45, 7) is 6.91. The van der Waals surface area contributed by atoms with Crippen LogP contribution in [0.1, 0.15) is 27.2 Å². The van der Waals surface area contributed by atoms with Crippen molar-refractivity contribution < 1.29 is 9.53 Å². The maximum Gasteiger partial charge on any atom is 0.251 e. The van der Waals surface area contributed by atoms with Gasteiger partial charge in [0.1, 0.15) is 23.8 Å². The fraction of sp³-hybridized carbons (Fsp3) is 0.296. The number of likely N-dealkylation sites (N-methyl/N-ethyl adjacent to an activating group) is 1. The van der Waals surface area contributed by atoms with E-state index in [9.17, 15) is 4.79 Å². The van der Waals surface area contributed by atoms with Gasteiger partial charge in [0, 0.05) is 56.9 Å². The lowest BCUT2D eigenvalue weighted by Gasteiger charge is -2.33. The second-order valence-corrected chi connectivity index (χ2v) is 9.01. The molecule has 8 heteroatoms. The lowest BCUT2D eigenvalue weighted by atomic mass is 10.2. The fourth-order valence-electron chi connectivity index (χ4n) is 4.11. The molecule has 0 spiro atoms. The Balaban J connectivity index is 1.11. The van der Waals surface area contributed by atoms with Crippen molar-refractivity contribution in [3.8, 4) is 5.75 Å². The van der Waals surface area contributed by atoms with Crippen molar-refractivity contribution in [1.29, 1.82) is 0 Å². The summed E-state index contributed by atoms with van der Waals surface area (Å²) >= 11 is 0. The largest absolute Gasteiger partial charge is 0.487 e. The molecule has 4 aromatic rings. The number of rotatable bonds is 7. The molecule has 1 aliphatic rings. The molecule has 1 N–H and O–H groups in total. The average molecular weight is 471 g/mol. The van der Waals surface area contributed by atoms with Gasteiger partial charge in [-0.3, -0.25) is 4.79 Å². The van der Waals surface area contributed by atoms with E-state index in [1.165, 1.54) is 5.56 Å². The van der Waals surface area contributed by atoms with E-state index in [1.54, 1.807) is 24.3 Å². The van der Waals surface area contributed by atoms with Crippen molar-refractivity contribution in [2.24, 2.45) is 0 Å². The number of carbonyl (C=O) groups excluding carboxylic acids is 1. The second kappa shape index (κ2) is 10.1. The van der Waals surface area contributed by atoms with Gasteiger partial charge in [0.05, 0.1) is 5.69 Å². The first kappa shape index (κ1) is 22.9. The Kier molecular flexibility index (Phi) is 6.63. The van der Waals surface area contributed by atoms with Crippen molar-refractivity contribution in [2.45, 2.75) is 20.1 Å². The molecule has 0 saturated carbocycles. The number of nitrogens with zero attached hydrogens (tertiary/aromatic N) is 5. The highest BCUT2D eigenvalue weighted by molar-refractivity contribution is 5.94. The number of aromatic nitrogens is 3. The van der Waals surface area contributed by atoms with Crippen LogP contribution in [-0.4, -0.2) is 58.4 Å². The molecular formula is C27H30N6O2. The summed E-state index contributed by atoms with van der Waals surface area (Å²) in [5, 5.41) is 2.96. The van der Waals surface area contributed by atoms with Crippen molar-refractivity contribution in [3.05, 3.63) is 89.5 Å². The average Bonchev–Trinajstić information content (AvgIpc) is 3.29. The maximum absolute atomic E-state index is 12.6. The Morgan fingerprint density at radius 3 is 2.54 bits per heavy atom. The molecule has 4 heterocycles. The van der Waals surface area contributed by atoms with Gasteiger partial charge in [0.2, 0.25) is 0 Å². The topological polar surface area (TPSA) is 75.0 Å². The molecule has 1 aromatic carbocycles. The summed E-state index contributed by atoms with van der Waals surface area (Å²) in [4.78, 5) is 26.3. The third kappa shape index (κ3) is 5.60. The SMILES string of the molecule is Cc1ccc2nc(COc3ccc(C(=O)NCc4ccc(N5CCN(C)CC5)nc4)cc3)cn2c1. The number of nitrogens with one attached hydrogen (secondary N) is 1. The Bertz CT molecular complexity index is 1290. The molecule has 5 rings (SSSR count). The van der Waals surface area contributed by atoms with Crippen LogP contribution in [0.25, 0.3) is 5.65 Å². The summed E-state index contributed by atoms with van der Waals surface area (Å²) in [6.07, 6.45) is 5.85. The highest BCUT2D eigenvalue weighted by Crippen LogP contribution is 2.16. The highest BCUT2D eigenvalue weighted by Gasteiger charge is 2.15. The number of aryl methyl sites for hydroxylation is 1. The molecule has 0 bridgehead atoms. The Morgan fingerprint density at radius 2 is 1.80 bits per heavy atom. The molecule has 35 heavy (non-hydrogen) atoms. The molecule has 1 amide bonds. The number of ether oxygens (including phenoxy) is 1. The number of anilines is 1. The third-order valence-corrected chi connectivity index (χ3v) is 6.24. The first-order chi connectivity index (χ1) is 17.0. The van der Waals surface area contributed by atoms with Crippen LogP contribution in [0.4, 0.5) is 5.82 Å². The van der Waals surface area contributed by atoms with Crippen molar-refractivity contribution in [2.75, 3.05) is 38.1 Å². The van der Waals surface area contributed by atoms with Crippen molar-refractivity contribution in [3.63, 3.8) is 0 Å². The van der Waals surface area contributed by atoms with Gasteiger partial charge in [-0.15, -0.1) is 0 Å². The quantitative estimate of drug-likeness (QED) is 0.447. The minimum absolute atomic E-state index is 0.129. The zero-order valence-electron chi connectivity index (χ0n) is 20.1. The molecule has 8 nitrogen and oxygen atoms in total. The van der Waals surface area contributed by atoms with Gasteiger partial charge in [-0.1, -0.05) is 12.1 Å². The lowest BCUT2D eigenvalue weighted by Crippen LogP contribution is -2.44. The molecule has 1 aliphatic heterocycles. The normalized spacial score (nSPS) is 14.3. The minimum Gasteiger partial charge on any atom is -0.487 e. The Labute approximate surface area is 205 Å². The van der Waals surface area contributed by atoms with Crippen LogP contribution in [0.2, 0.25) is 0 Å². The predicted molar refractivity (Wildman–Crippen MR) is 136 cm³/mol. The summed E-state index contributed by atoms with van der Waals surface area (Å²) in [5.41, 5.74) is 4.48. The number of hydrogen-bond donors (Lipinski definition) is 1. The number of carbonyl (C=O) groups is 1. The molecule has 0 radical (unpaired) electrons. The van der Waals surface area contributed by atoms with E-state index in [1.807, 2.05) is 47.3 Å². The third-order valence-electron chi connectivity index (χ3n) is 6.24. The predicted octanol–water partition coefficient (Wildman–Crippen LogP) is 3.30.